The van der Waals surface area contributed by atoms with Gasteiger partial charge in [-0.15, -0.1) is 0 Å². The summed E-state index contributed by atoms with van der Waals surface area (Å²) >= 11 is 0. The Morgan fingerprint density at radius 1 is 1.45 bits per heavy atom. The predicted molar refractivity (Wildman–Crippen MR) is 47.4 cm³/mol. The van der Waals surface area contributed by atoms with Gasteiger partial charge in [0, 0.05) is 5.70 Å². The molecule has 0 heterocycles. The van der Waals surface area contributed by atoms with Gasteiger partial charge in [0.25, 0.3) is 0 Å². The topological polar surface area (TPSA) is 23.5 Å². The number of hydrogen-bond donors (Lipinski definition) is 1. The van der Waals surface area contributed by atoms with Crippen molar-refractivity contribution < 1.29 is 5.21 Å². The first-order valence-corrected chi connectivity index (χ1v) is 4.12. The molecule has 66 valence electrons. The standard InChI is InChI=1S/C9H19NO/c1-6-9(5,7-2)10(11)8(3)4/h11H,3,6-7H2,1-2,4-5H3. The molecule has 0 aliphatic rings. The molecule has 0 saturated carbocycles. The molecule has 2 nitrogen and oxygen atoms in total. The van der Waals surface area contributed by atoms with Gasteiger partial charge in [-0.1, -0.05) is 20.4 Å². The Labute approximate surface area is 69.5 Å². The second-order valence-corrected chi connectivity index (χ2v) is 3.25. The number of allylic oxidation sites excluding steroid dienone is 1. The molecule has 0 amide bonds. The lowest BCUT2D eigenvalue weighted by Gasteiger charge is -2.36. The van der Waals surface area contributed by atoms with Crippen LogP contribution in [0.3, 0.4) is 0 Å². The van der Waals surface area contributed by atoms with E-state index in [0.29, 0.717) is 5.70 Å². The summed E-state index contributed by atoms with van der Waals surface area (Å²) in [6.45, 7) is 11.7. The van der Waals surface area contributed by atoms with E-state index < -0.39 is 0 Å². The zero-order valence-electron chi connectivity index (χ0n) is 8.02. The second-order valence-electron chi connectivity index (χ2n) is 3.25. The molecule has 1 N–H and O–H groups in total. The van der Waals surface area contributed by atoms with Crippen LogP contribution in [0.25, 0.3) is 0 Å². The molecule has 0 unspecified atom stereocenters. The first-order valence-electron chi connectivity index (χ1n) is 4.12. The molecule has 0 aromatic heterocycles. The van der Waals surface area contributed by atoms with Crippen LogP contribution in [0.1, 0.15) is 40.5 Å². The lowest BCUT2D eigenvalue weighted by atomic mass is 9.95. The highest BCUT2D eigenvalue weighted by Crippen LogP contribution is 2.23. The smallest absolute Gasteiger partial charge is 0.0634 e. The summed E-state index contributed by atoms with van der Waals surface area (Å²) in [5, 5.41) is 10.9. The Bertz CT molecular complexity index is 138. The summed E-state index contributed by atoms with van der Waals surface area (Å²) in [5.74, 6) is 0. The fourth-order valence-corrected chi connectivity index (χ4v) is 1.01. The van der Waals surface area contributed by atoms with Crippen molar-refractivity contribution in [3.05, 3.63) is 12.3 Å². The largest absolute Gasteiger partial charge is 0.288 e. The van der Waals surface area contributed by atoms with Crippen molar-refractivity contribution in [2.75, 3.05) is 0 Å². The minimum absolute atomic E-state index is 0.147. The number of hydrogen-bond acceptors (Lipinski definition) is 2. The van der Waals surface area contributed by atoms with E-state index in [1.54, 1.807) is 0 Å². The zero-order valence-corrected chi connectivity index (χ0v) is 8.02. The minimum Gasteiger partial charge on any atom is -0.288 e. The van der Waals surface area contributed by atoms with Crippen LogP contribution in [0.4, 0.5) is 0 Å². The van der Waals surface area contributed by atoms with Gasteiger partial charge >= 0.3 is 0 Å². The van der Waals surface area contributed by atoms with E-state index >= 15 is 0 Å². The van der Waals surface area contributed by atoms with E-state index in [-0.39, 0.29) is 5.54 Å². The third-order valence-corrected chi connectivity index (χ3v) is 2.40. The Balaban J connectivity index is 4.36. The first-order chi connectivity index (χ1) is 4.98. The molecule has 0 rings (SSSR count). The molecule has 0 radical (unpaired) electrons. The van der Waals surface area contributed by atoms with Crippen LogP contribution in [0.5, 0.6) is 0 Å². The maximum Gasteiger partial charge on any atom is 0.0634 e. The summed E-state index contributed by atoms with van der Waals surface area (Å²) in [7, 11) is 0. The molecule has 0 aromatic rings. The highest BCUT2D eigenvalue weighted by Gasteiger charge is 2.26. The predicted octanol–water partition coefficient (Wildman–Crippen LogP) is 2.79. The van der Waals surface area contributed by atoms with Crippen LogP contribution in [0.2, 0.25) is 0 Å². The Hall–Kier alpha value is -0.500. The molecule has 0 atom stereocenters. The second kappa shape index (κ2) is 3.77. The molecular weight excluding hydrogens is 138 g/mol. The fraction of sp³-hybridized carbons (Fsp3) is 0.778. The Morgan fingerprint density at radius 2 is 1.82 bits per heavy atom. The zero-order chi connectivity index (χ0) is 9.07. The van der Waals surface area contributed by atoms with Crippen molar-refractivity contribution in [3.63, 3.8) is 0 Å². The van der Waals surface area contributed by atoms with Gasteiger partial charge in [-0.2, -0.15) is 0 Å². The van der Waals surface area contributed by atoms with E-state index in [2.05, 4.69) is 20.4 Å². The van der Waals surface area contributed by atoms with Crippen LogP contribution in [-0.2, 0) is 0 Å². The van der Waals surface area contributed by atoms with Gasteiger partial charge in [-0.05, 0) is 26.7 Å². The van der Waals surface area contributed by atoms with Crippen LogP contribution < -0.4 is 0 Å². The van der Waals surface area contributed by atoms with Crippen LogP contribution in [0.15, 0.2) is 12.3 Å². The van der Waals surface area contributed by atoms with Gasteiger partial charge < -0.3 is 0 Å². The lowest BCUT2D eigenvalue weighted by Crippen LogP contribution is -2.41. The lowest BCUT2D eigenvalue weighted by molar-refractivity contribution is -0.139. The molecule has 0 spiro atoms. The summed E-state index contributed by atoms with van der Waals surface area (Å²) in [6.07, 6.45) is 1.85. The van der Waals surface area contributed by atoms with E-state index in [1.165, 1.54) is 5.06 Å². The highest BCUT2D eigenvalue weighted by molar-refractivity contribution is 4.93. The van der Waals surface area contributed by atoms with Crippen molar-refractivity contribution in [1.29, 1.82) is 0 Å². The Kier molecular flexibility index (Phi) is 3.59. The molecule has 0 aromatic carbocycles. The molecule has 0 aliphatic heterocycles. The van der Waals surface area contributed by atoms with Crippen LogP contribution >= 0.6 is 0 Å². The third kappa shape index (κ3) is 2.22. The average molecular weight is 157 g/mol. The van der Waals surface area contributed by atoms with Gasteiger partial charge in [0.2, 0.25) is 0 Å². The molecule has 0 bridgehead atoms. The van der Waals surface area contributed by atoms with E-state index in [1.807, 2.05) is 13.8 Å². The van der Waals surface area contributed by atoms with Crippen molar-refractivity contribution in [2.24, 2.45) is 0 Å². The van der Waals surface area contributed by atoms with E-state index in [0.717, 1.165) is 12.8 Å². The van der Waals surface area contributed by atoms with Crippen LogP contribution in [-0.4, -0.2) is 15.8 Å². The molecule has 11 heavy (non-hydrogen) atoms. The monoisotopic (exact) mass is 157 g/mol. The van der Waals surface area contributed by atoms with Crippen molar-refractivity contribution in [1.82, 2.24) is 5.06 Å². The summed E-state index contributed by atoms with van der Waals surface area (Å²) in [4.78, 5) is 0. The minimum atomic E-state index is -0.147. The van der Waals surface area contributed by atoms with E-state index in [4.69, 9.17) is 0 Å². The molecule has 0 saturated heterocycles. The van der Waals surface area contributed by atoms with Gasteiger partial charge in [0.1, 0.15) is 0 Å². The van der Waals surface area contributed by atoms with Gasteiger partial charge in [0.05, 0.1) is 5.54 Å². The molecular formula is C9H19NO. The number of hydroxylamine groups is 2. The van der Waals surface area contributed by atoms with Crippen molar-refractivity contribution in [3.8, 4) is 0 Å². The van der Waals surface area contributed by atoms with Gasteiger partial charge in [-0.25, -0.2) is 0 Å². The summed E-state index contributed by atoms with van der Waals surface area (Å²) in [5.41, 5.74) is 0.558. The summed E-state index contributed by atoms with van der Waals surface area (Å²) < 4.78 is 0. The SMILES string of the molecule is C=C(C)N(O)C(C)(CC)CC. The van der Waals surface area contributed by atoms with Crippen molar-refractivity contribution >= 4 is 0 Å². The van der Waals surface area contributed by atoms with Gasteiger partial charge in [0.15, 0.2) is 0 Å². The summed E-state index contributed by atoms with van der Waals surface area (Å²) in [6, 6.07) is 0. The highest BCUT2D eigenvalue weighted by atomic mass is 16.5. The Morgan fingerprint density at radius 3 is 1.91 bits per heavy atom. The van der Waals surface area contributed by atoms with E-state index in [9.17, 15) is 5.21 Å². The molecule has 0 aliphatic carbocycles. The number of rotatable bonds is 4. The maximum atomic E-state index is 9.58. The first kappa shape index (κ1) is 10.5. The molecule has 2 heteroatoms. The third-order valence-electron chi connectivity index (χ3n) is 2.40. The average Bonchev–Trinajstić information content (AvgIpc) is 2.01. The van der Waals surface area contributed by atoms with Crippen molar-refractivity contribution in [2.45, 2.75) is 46.1 Å². The fourth-order valence-electron chi connectivity index (χ4n) is 1.01. The quantitative estimate of drug-likeness (QED) is 0.634. The number of nitrogens with zero attached hydrogens (tertiary/aromatic N) is 1. The van der Waals surface area contributed by atoms with Gasteiger partial charge in [-0.3, -0.25) is 10.3 Å². The normalized spacial score (nSPS) is 11.4. The molecule has 0 fully saturated rings. The maximum absolute atomic E-state index is 9.58. The van der Waals surface area contributed by atoms with Crippen LogP contribution in [0, 0.1) is 0 Å².